The number of fused-ring (bicyclic) bond motifs is 1. The molecule has 4 atom stereocenters. The Morgan fingerprint density at radius 1 is 1.06 bits per heavy atom. The Balaban J connectivity index is 1.20. The number of nitrogens with zero attached hydrogens (tertiary/aromatic N) is 6. The summed E-state index contributed by atoms with van der Waals surface area (Å²) >= 11 is 0. The summed E-state index contributed by atoms with van der Waals surface area (Å²) in [6.45, 7) is 4.03. The molecular formula is C23H29N7O. The fourth-order valence-corrected chi connectivity index (χ4v) is 5.31. The summed E-state index contributed by atoms with van der Waals surface area (Å²) in [7, 11) is 0. The first-order valence-corrected chi connectivity index (χ1v) is 11.5. The van der Waals surface area contributed by atoms with E-state index in [0.717, 1.165) is 62.1 Å². The first-order valence-electron chi connectivity index (χ1n) is 11.5. The molecule has 1 N–H and O–H groups in total. The SMILES string of the molecule is c1cc(-c2cn([C@@H]3C[C@@H]4CN(Cc5ncc[nH]5)C[C@@H]4C[C@H]3OCC3CC3)nn2)ccn1. The molecule has 3 aliphatic rings. The summed E-state index contributed by atoms with van der Waals surface area (Å²) < 4.78 is 8.57. The van der Waals surface area contributed by atoms with Crippen molar-refractivity contribution in [2.75, 3.05) is 19.7 Å². The van der Waals surface area contributed by atoms with Gasteiger partial charge in [-0.2, -0.15) is 0 Å². The van der Waals surface area contributed by atoms with Crippen LogP contribution in [0.3, 0.4) is 0 Å². The van der Waals surface area contributed by atoms with E-state index in [2.05, 4.69) is 41.0 Å². The quantitative estimate of drug-likeness (QED) is 0.634. The molecule has 0 bridgehead atoms. The molecule has 6 rings (SSSR count). The van der Waals surface area contributed by atoms with Gasteiger partial charge in [-0.3, -0.25) is 9.88 Å². The fraction of sp³-hybridized carbons (Fsp3) is 0.565. The zero-order valence-electron chi connectivity index (χ0n) is 17.7. The first-order chi connectivity index (χ1) is 15.3. The van der Waals surface area contributed by atoms with E-state index in [1.54, 1.807) is 12.4 Å². The minimum Gasteiger partial charge on any atom is -0.376 e. The summed E-state index contributed by atoms with van der Waals surface area (Å²) in [6, 6.07) is 4.21. The summed E-state index contributed by atoms with van der Waals surface area (Å²) in [4.78, 5) is 14.3. The lowest BCUT2D eigenvalue weighted by Crippen LogP contribution is -2.38. The van der Waals surface area contributed by atoms with E-state index in [1.807, 2.05) is 24.5 Å². The molecule has 2 saturated carbocycles. The third kappa shape index (κ3) is 4.14. The highest BCUT2D eigenvalue weighted by Crippen LogP contribution is 2.43. The van der Waals surface area contributed by atoms with E-state index in [0.29, 0.717) is 11.8 Å². The monoisotopic (exact) mass is 419 g/mol. The number of pyridine rings is 1. The molecular weight excluding hydrogens is 390 g/mol. The maximum absolute atomic E-state index is 6.50. The predicted molar refractivity (Wildman–Crippen MR) is 115 cm³/mol. The van der Waals surface area contributed by atoms with Gasteiger partial charge in [-0.15, -0.1) is 5.10 Å². The van der Waals surface area contributed by atoms with Crippen molar-refractivity contribution in [3.05, 3.63) is 48.9 Å². The van der Waals surface area contributed by atoms with Crippen molar-refractivity contribution in [2.45, 2.75) is 44.4 Å². The molecule has 0 aromatic carbocycles. The van der Waals surface area contributed by atoms with Crippen LogP contribution in [0.15, 0.2) is 43.1 Å². The first kappa shape index (κ1) is 19.1. The topological polar surface area (TPSA) is 84.8 Å². The van der Waals surface area contributed by atoms with Crippen LogP contribution < -0.4 is 0 Å². The Kier molecular flexibility index (Phi) is 5.04. The molecule has 1 saturated heterocycles. The molecule has 162 valence electrons. The lowest BCUT2D eigenvalue weighted by Gasteiger charge is -2.37. The number of nitrogens with one attached hydrogen (secondary N) is 1. The number of imidazole rings is 1. The third-order valence-corrected chi connectivity index (χ3v) is 7.16. The van der Waals surface area contributed by atoms with Gasteiger partial charge in [0.05, 0.1) is 24.9 Å². The molecule has 3 fully saturated rings. The van der Waals surface area contributed by atoms with E-state index in [1.165, 1.54) is 12.8 Å². The average Bonchev–Trinajstić information content (AvgIpc) is 3.18. The van der Waals surface area contributed by atoms with Crippen LogP contribution in [0.1, 0.15) is 37.5 Å². The minimum atomic E-state index is 0.206. The van der Waals surface area contributed by atoms with Gasteiger partial charge in [-0.05, 0) is 55.6 Å². The Morgan fingerprint density at radius 2 is 1.90 bits per heavy atom. The Morgan fingerprint density at radius 3 is 2.68 bits per heavy atom. The predicted octanol–water partition coefficient (Wildman–Crippen LogP) is 2.94. The zero-order chi connectivity index (χ0) is 20.6. The number of H-pyrrole nitrogens is 1. The number of aromatic nitrogens is 6. The van der Waals surface area contributed by atoms with E-state index < -0.39 is 0 Å². The van der Waals surface area contributed by atoms with Crippen LogP contribution in [-0.2, 0) is 11.3 Å². The van der Waals surface area contributed by atoms with Gasteiger partial charge in [0.25, 0.3) is 0 Å². The highest BCUT2D eigenvalue weighted by molar-refractivity contribution is 5.56. The van der Waals surface area contributed by atoms with Crippen LogP contribution in [-0.4, -0.2) is 60.6 Å². The van der Waals surface area contributed by atoms with Crippen LogP contribution in [0.5, 0.6) is 0 Å². The second kappa shape index (κ2) is 8.16. The Bertz CT molecular complexity index is 985. The van der Waals surface area contributed by atoms with Crippen molar-refractivity contribution in [1.29, 1.82) is 0 Å². The molecule has 0 radical (unpaired) electrons. The minimum absolute atomic E-state index is 0.206. The molecule has 0 unspecified atom stereocenters. The van der Waals surface area contributed by atoms with E-state index in [-0.39, 0.29) is 12.1 Å². The Hall–Kier alpha value is -2.58. The fourth-order valence-electron chi connectivity index (χ4n) is 5.31. The lowest BCUT2D eigenvalue weighted by atomic mass is 9.77. The van der Waals surface area contributed by atoms with Gasteiger partial charge in [-0.25, -0.2) is 9.67 Å². The van der Waals surface area contributed by atoms with Gasteiger partial charge in [-0.1, -0.05) is 5.21 Å². The highest BCUT2D eigenvalue weighted by atomic mass is 16.5. The summed E-state index contributed by atoms with van der Waals surface area (Å²) in [5.41, 5.74) is 1.95. The van der Waals surface area contributed by atoms with Gasteiger partial charge in [0.1, 0.15) is 11.5 Å². The maximum atomic E-state index is 6.50. The van der Waals surface area contributed by atoms with Crippen LogP contribution in [0.2, 0.25) is 0 Å². The maximum Gasteiger partial charge on any atom is 0.120 e. The second-order valence-corrected chi connectivity index (χ2v) is 9.42. The molecule has 0 spiro atoms. The molecule has 1 aliphatic heterocycles. The van der Waals surface area contributed by atoms with Crippen LogP contribution in [0.4, 0.5) is 0 Å². The van der Waals surface area contributed by atoms with Gasteiger partial charge >= 0.3 is 0 Å². The van der Waals surface area contributed by atoms with Crippen LogP contribution >= 0.6 is 0 Å². The van der Waals surface area contributed by atoms with Gasteiger partial charge in [0, 0.05) is 50.0 Å². The summed E-state index contributed by atoms with van der Waals surface area (Å²) in [5.74, 6) is 3.16. The molecule has 4 heterocycles. The van der Waals surface area contributed by atoms with Crippen molar-refractivity contribution in [2.24, 2.45) is 17.8 Å². The summed E-state index contributed by atoms with van der Waals surface area (Å²) in [5, 5.41) is 9.00. The number of rotatable bonds is 7. The van der Waals surface area contributed by atoms with Crippen molar-refractivity contribution < 1.29 is 4.74 Å². The number of ether oxygens (including phenoxy) is 1. The molecule has 0 amide bonds. The molecule has 3 aromatic rings. The number of aromatic amines is 1. The molecule has 3 aromatic heterocycles. The largest absolute Gasteiger partial charge is 0.376 e. The third-order valence-electron chi connectivity index (χ3n) is 7.16. The smallest absolute Gasteiger partial charge is 0.120 e. The highest BCUT2D eigenvalue weighted by Gasteiger charge is 2.44. The van der Waals surface area contributed by atoms with Crippen molar-refractivity contribution in [3.63, 3.8) is 0 Å². The standard InChI is InChI=1S/C23H29N7O/c1-2-16(1)15-31-22-10-19-12-29(14-23-25-7-8-26-23)11-18(19)9-21(22)30-13-20(27-28-30)17-3-5-24-6-4-17/h3-8,13,16,18-19,21-22H,1-2,9-12,14-15H2,(H,25,26)/t18-,19+,21-,22-/m1/s1. The second-order valence-electron chi connectivity index (χ2n) is 9.42. The summed E-state index contributed by atoms with van der Waals surface area (Å²) in [6.07, 6.45) is 14.4. The van der Waals surface area contributed by atoms with Crippen LogP contribution in [0.25, 0.3) is 11.3 Å². The molecule has 31 heavy (non-hydrogen) atoms. The van der Waals surface area contributed by atoms with Gasteiger partial charge in [0.2, 0.25) is 0 Å². The van der Waals surface area contributed by atoms with Crippen molar-refractivity contribution >= 4 is 0 Å². The molecule has 8 nitrogen and oxygen atoms in total. The number of hydrogen-bond donors (Lipinski definition) is 1. The van der Waals surface area contributed by atoms with Gasteiger partial charge < -0.3 is 9.72 Å². The van der Waals surface area contributed by atoms with E-state index in [9.17, 15) is 0 Å². The average molecular weight is 420 g/mol. The lowest BCUT2D eigenvalue weighted by molar-refractivity contribution is -0.0375. The Labute approximate surface area is 182 Å². The van der Waals surface area contributed by atoms with Crippen LogP contribution in [0, 0.1) is 17.8 Å². The molecule has 2 aliphatic carbocycles. The van der Waals surface area contributed by atoms with Crippen molar-refractivity contribution in [1.82, 2.24) is 34.8 Å². The molecule has 8 heteroatoms. The zero-order valence-corrected chi connectivity index (χ0v) is 17.7. The van der Waals surface area contributed by atoms with Gasteiger partial charge in [0.15, 0.2) is 0 Å². The number of hydrogen-bond acceptors (Lipinski definition) is 6. The van der Waals surface area contributed by atoms with E-state index >= 15 is 0 Å². The number of likely N-dealkylation sites (tertiary alicyclic amines) is 1. The van der Waals surface area contributed by atoms with Crippen molar-refractivity contribution in [3.8, 4) is 11.3 Å². The normalized spacial score (nSPS) is 28.6. The van der Waals surface area contributed by atoms with E-state index in [4.69, 9.17) is 4.74 Å².